The summed E-state index contributed by atoms with van der Waals surface area (Å²) in [5.74, 6) is -2.96. The van der Waals surface area contributed by atoms with Gasteiger partial charge in [0, 0.05) is 25.4 Å². The highest BCUT2D eigenvalue weighted by Crippen LogP contribution is 2.48. The van der Waals surface area contributed by atoms with Gasteiger partial charge in [-0.15, -0.1) is 0 Å². The van der Waals surface area contributed by atoms with E-state index in [0.29, 0.717) is 19.4 Å². The minimum absolute atomic E-state index is 0.00264. The minimum atomic E-state index is -2.66. The van der Waals surface area contributed by atoms with Crippen LogP contribution >= 0.6 is 0 Å². The molecule has 2 bridgehead atoms. The standard InChI is InChI=1S/C17H21F2NO2/c1-22-16(21)9-13-7-14-10-17(18,19)15(8-13)20(14)11-12-5-3-2-4-6-12/h2-6,13-15H,7-11H2,1H3. The molecule has 0 amide bonds. The monoisotopic (exact) mass is 309 g/mol. The molecule has 2 aliphatic rings. The molecule has 5 heteroatoms. The highest BCUT2D eigenvalue weighted by atomic mass is 19.3. The summed E-state index contributed by atoms with van der Waals surface area (Å²) in [6.07, 6.45) is 1.17. The van der Waals surface area contributed by atoms with Crippen molar-refractivity contribution in [3.05, 3.63) is 35.9 Å². The van der Waals surface area contributed by atoms with Gasteiger partial charge in [-0.1, -0.05) is 30.3 Å². The van der Waals surface area contributed by atoms with Crippen molar-refractivity contribution < 1.29 is 18.3 Å². The number of benzene rings is 1. The third-order valence-corrected chi connectivity index (χ3v) is 4.92. The van der Waals surface area contributed by atoms with Crippen LogP contribution < -0.4 is 0 Å². The Morgan fingerprint density at radius 2 is 2.05 bits per heavy atom. The first-order valence-corrected chi connectivity index (χ1v) is 7.74. The summed E-state index contributed by atoms with van der Waals surface area (Å²) in [6.45, 7) is 0.552. The van der Waals surface area contributed by atoms with E-state index in [-0.39, 0.29) is 30.8 Å². The van der Waals surface area contributed by atoms with Crippen LogP contribution in [-0.2, 0) is 16.1 Å². The van der Waals surface area contributed by atoms with Gasteiger partial charge in [0.1, 0.15) is 0 Å². The fourth-order valence-corrected chi connectivity index (χ4v) is 3.91. The Morgan fingerprint density at radius 1 is 1.32 bits per heavy atom. The molecule has 0 aliphatic carbocycles. The number of esters is 1. The molecule has 3 unspecified atom stereocenters. The van der Waals surface area contributed by atoms with E-state index in [0.717, 1.165) is 5.56 Å². The van der Waals surface area contributed by atoms with Crippen molar-refractivity contribution in [2.75, 3.05) is 7.11 Å². The normalized spacial score (nSPS) is 30.2. The minimum Gasteiger partial charge on any atom is -0.469 e. The van der Waals surface area contributed by atoms with E-state index in [1.54, 1.807) is 0 Å². The quantitative estimate of drug-likeness (QED) is 0.800. The van der Waals surface area contributed by atoms with Crippen LogP contribution in [0.3, 0.4) is 0 Å². The van der Waals surface area contributed by atoms with E-state index in [2.05, 4.69) is 4.74 Å². The van der Waals surface area contributed by atoms with Crippen molar-refractivity contribution in [3.8, 4) is 0 Å². The molecule has 1 aromatic carbocycles. The lowest BCUT2D eigenvalue weighted by atomic mass is 9.87. The summed E-state index contributed by atoms with van der Waals surface area (Å²) < 4.78 is 33.3. The van der Waals surface area contributed by atoms with Gasteiger partial charge >= 0.3 is 5.97 Å². The van der Waals surface area contributed by atoms with E-state index < -0.39 is 12.0 Å². The number of ether oxygens (including phenoxy) is 1. The Morgan fingerprint density at radius 3 is 2.68 bits per heavy atom. The molecule has 0 radical (unpaired) electrons. The van der Waals surface area contributed by atoms with Crippen LogP contribution in [0.2, 0.25) is 0 Å². The number of hydrogen-bond donors (Lipinski definition) is 0. The summed E-state index contributed by atoms with van der Waals surface area (Å²) in [4.78, 5) is 13.4. The third kappa shape index (κ3) is 3.00. The average Bonchev–Trinajstić information content (AvgIpc) is 2.63. The number of hydrogen-bond acceptors (Lipinski definition) is 3. The molecule has 0 N–H and O–H groups in total. The second-order valence-corrected chi connectivity index (χ2v) is 6.41. The van der Waals surface area contributed by atoms with Crippen LogP contribution in [0, 0.1) is 5.92 Å². The van der Waals surface area contributed by atoms with Gasteiger partial charge in [-0.3, -0.25) is 9.69 Å². The smallest absolute Gasteiger partial charge is 0.305 e. The van der Waals surface area contributed by atoms with Gasteiger partial charge in [0.25, 0.3) is 5.92 Å². The molecule has 120 valence electrons. The lowest BCUT2D eigenvalue weighted by Gasteiger charge is -2.38. The number of alkyl halides is 2. The maximum absolute atomic E-state index is 14.3. The Hall–Kier alpha value is -1.49. The van der Waals surface area contributed by atoms with Gasteiger partial charge in [-0.25, -0.2) is 8.78 Å². The fourth-order valence-electron chi connectivity index (χ4n) is 3.91. The molecule has 2 fully saturated rings. The van der Waals surface area contributed by atoms with Gasteiger partial charge in [0.2, 0.25) is 0 Å². The van der Waals surface area contributed by atoms with E-state index in [9.17, 15) is 13.6 Å². The van der Waals surface area contributed by atoms with Crippen molar-refractivity contribution in [1.82, 2.24) is 4.90 Å². The summed E-state index contributed by atoms with van der Waals surface area (Å²) in [6, 6.07) is 8.81. The topological polar surface area (TPSA) is 29.5 Å². The Labute approximate surface area is 129 Å². The predicted molar refractivity (Wildman–Crippen MR) is 78.5 cm³/mol. The zero-order chi connectivity index (χ0) is 15.7. The number of halogens is 2. The molecule has 1 aromatic rings. The summed E-state index contributed by atoms with van der Waals surface area (Å²) in [7, 11) is 1.34. The zero-order valence-corrected chi connectivity index (χ0v) is 12.7. The number of fused-ring (bicyclic) bond motifs is 2. The van der Waals surface area contributed by atoms with Gasteiger partial charge in [0.15, 0.2) is 0 Å². The molecule has 3 nitrogen and oxygen atoms in total. The average molecular weight is 309 g/mol. The van der Waals surface area contributed by atoms with E-state index in [1.807, 2.05) is 35.2 Å². The van der Waals surface area contributed by atoms with Crippen molar-refractivity contribution in [2.45, 2.75) is 50.2 Å². The van der Waals surface area contributed by atoms with Crippen molar-refractivity contribution in [2.24, 2.45) is 5.92 Å². The molecular weight excluding hydrogens is 288 g/mol. The summed E-state index contributed by atoms with van der Waals surface area (Å²) in [5, 5.41) is 0. The highest BCUT2D eigenvalue weighted by molar-refractivity contribution is 5.69. The molecule has 0 aromatic heterocycles. The Bertz CT molecular complexity index is 535. The van der Waals surface area contributed by atoms with Crippen LogP contribution in [0.1, 0.15) is 31.2 Å². The number of methoxy groups -OCH3 is 1. The molecular formula is C17H21F2NO2. The largest absolute Gasteiger partial charge is 0.469 e. The van der Waals surface area contributed by atoms with Crippen LogP contribution in [-0.4, -0.2) is 36.0 Å². The lowest BCUT2D eigenvalue weighted by molar-refractivity contribution is -0.142. The molecule has 22 heavy (non-hydrogen) atoms. The van der Waals surface area contributed by atoms with E-state index in [1.165, 1.54) is 7.11 Å². The molecule has 3 rings (SSSR count). The molecule has 0 spiro atoms. The van der Waals surface area contributed by atoms with E-state index >= 15 is 0 Å². The SMILES string of the molecule is COC(=O)CC1CC2CC(F)(F)C(C1)N2Cc1ccccc1. The Balaban J connectivity index is 1.73. The maximum Gasteiger partial charge on any atom is 0.305 e. The number of nitrogens with zero attached hydrogens (tertiary/aromatic N) is 1. The number of piperidine rings is 1. The lowest BCUT2D eigenvalue weighted by Crippen LogP contribution is -2.46. The van der Waals surface area contributed by atoms with Crippen molar-refractivity contribution in [3.63, 3.8) is 0 Å². The maximum atomic E-state index is 14.3. The van der Waals surface area contributed by atoms with Gasteiger partial charge in [-0.05, 0) is 24.3 Å². The number of carbonyl (C=O) groups is 1. The second kappa shape index (κ2) is 5.95. The van der Waals surface area contributed by atoms with Gasteiger partial charge in [-0.2, -0.15) is 0 Å². The summed E-state index contributed by atoms with van der Waals surface area (Å²) >= 11 is 0. The van der Waals surface area contributed by atoms with Gasteiger partial charge < -0.3 is 4.74 Å². The van der Waals surface area contributed by atoms with E-state index in [4.69, 9.17) is 0 Å². The fraction of sp³-hybridized carbons (Fsp3) is 0.588. The molecule has 0 saturated carbocycles. The van der Waals surface area contributed by atoms with Crippen LogP contribution in [0.5, 0.6) is 0 Å². The van der Waals surface area contributed by atoms with Crippen molar-refractivity contribution in [1.29, 1.82) is 0 Å². The van der Waals surface area contributed by atoms with Crippen LogP contribution in [0.4, 0.5) is 8.78 Å². The molecule has 3 atom stereocenters. The zero-order valence-electron chi connectivity index (χ0n) is 12.7. The van der Waals surface area contributed by atoms with Gasteiger partial charge in [0.05, 0.1) is 13.2 Å². The first-order valence-electron chi connectivity index (χ1n) is 7.74. The van der Waals surface area contributed by atoms with Crippen LogP contribution in [0.15, 0.2) is 30.3 Å². The summed E-state index contributed by atoms with van der Waals surface area (Å²) in [5.41, 5.74) is 1.06. The predicted octanol–water partition coefficient (Wildman–Crippen LogP) is 3.24. The van der Waals surface area contributed by atoms with Crippen LogP contribution in [0.25, 0.3) is 0 Å². The third-order valence-electron chi connectivity index (χ3n) is 4.92. The highest BCUT2D eigenvalue weighted by Gasteiger charge is 2.57. The first kappa shape index (κ1) is 15.4. The van der Waals surface area contributed by atoms with Crippen molar-refractivity contribution >= 4 is 5.97 Å². The number of carbonyl (C=O) groups excluding carboxylic acids is 1. The Kier molecular flexibility index (Phi) is 4.17. The first-order chi connectivity index (χ1) is 10.5. The second-order valence-electron chi connectivity index (χ2n) is 6.41. The molecule has 2 aliphatic heterocycles. The molecule has 2 saturated heterocycles. The number of rotatable bonds is 4. The molecule has 2 heterocycles.